The molecule has 3 unspecified atom stereocenters. The quantitative estimate of drug-likeness (QED) is 0.253. The number of alkyl halides is 1. The third-order valence-electron chi connectivity index (χ3n) is 9.79. The molecule has 0 amide bonds. The van der Waals surface area contributed by atoms with Crippen molar-refractivity contribution in [1.29, 1.82) is 0 Å². The average Bonchev–Trinajstić information content (AvgIpc) is 3.80. The summed E-state index contributed by atoms with van der Waals surface area (Å²) in [5.41, 5.74) is 4.77. The van der Waals surface area contributed by atoms with Crippen molar-refractivity contribution in [2.45, 2.75) is 43.4 Å². The van der Waals surface area contributed by atoms with Crippen molar-refractivity contribution >= 4 is 54.7 Å². The van der Waals surface area contributed by atoms with E-state index in [9.17, 15) is 13.6 Å². The summed E-state index contributed by atoms with van der Waals surface area (Å²) in [6.45, 7) is 9.73. The van der Waals surface area contributed by atoms with Crippen LogP contribution < -0.4 is 20.8 Å². The number of nitrogen functional groups attached to an aromatic ring is 1. The lowest BCUT2D eigenvalue weighted by Gasteiger charge is -2.33. The monoisotopic (exact) mass is 657 g/mol. The molecule has 0 spiro atoms. The van der Waals surface area contributed by atoms with Crippen molar-refractivity contribution in [2.24, 2.45) is 5.92 Å². The number of nitrogens with two attached hydrogens (primary N) is 1. The lowest BCUT2D eigenvalue weighted by atomic mass is 9.95. The summed E-state index contributed by atoms with van der Waals surface area (Å²) in [5.74, 6) is -1.84. The zero-order valence-electron chi connectivity index (χ0n) is 23.9. The zero-order chi connectivity index (χ0) is 31.2. The van der Waals surface area contributed by atoms with E-state index in [0.29, 0.717) is 26.2 Å². The maximum atomic E-state index is 17.0. The van der Waals surface area contributed by atoms with Crippen molar-refractivity contribution < 1.29 is 27.4 Å². The lowest BCUT2D eigenvalue weighted by molar-refractivity contribution is 0.107. The number of rotatable bonds is 5. The molecule has 6 heterocycles. The molecule has 4 aliphatic heterocycles. The Morgan fingerprint density at radius 2 is 2.16 bits per heavy atom. The van der Waals surface area contributed by atoms with E-state index in [-0.39, 0.29) is 85.1 Å². The van der Waals surface area contributed by atoms with Crippen LogP contribution in [-0.2, 0) is 4.74 Å². The molecule has 2 aromatic heterocycles. The molecule has 234 valence electrons. The molecule has 2 N–H and O–H groups in total. The summed E-state index contributed by atoms with van der Waals surface area (Å²) >= 11 is 7.78. The Bertz CT molecular complexity index is 2010. The maximum Gasteiger partial charge on any atom is 0.314 e. The third kappa shape index (κ3) is 4.19. The second-order valence-corrected chi connectivity index (χ2v) is 13.6. The van der Waals surface area contributed by atoms with Crippen LogP contribution in [-0.4, -0.2) is 65.7 Å². The Balaban J connectivity index is 1.36. The van der Waals surface area contributed by atoms with Gasteiger partial charge in [0.2, 0.25) is 5.69 Å². The van der Waals surface area contributed by atoms with E-state index in [4.69, 9.17) is 38.1 Å². The summed E-state index contributed by atoms with van der Waals surface area (Å²) in [6.07, 6.45) is 1.58. The van der Waals surface area contributed by atoms with Crippen LogP contribution in [0.3, 0.4) is 0 Å². The van der Waals surface area contributed by atoms with Crippen molar-refractivity contribution in [3.63, 3.8) is 0 Å². The molecule has 0 saturated carbocycles. The summed E-state index contributed by atoms with van der Waals surface area (Å²) in [5, 5.41) is 0.0796. The smallest absolute Gasteiger partial charge is 0.314 e. The van der Waals surface area contributed by atoms with Crippen LogP contribution in [0.15, 0.2) is 16.9 Å². The number of hydrogen-bond acceptors (Lipinski definition) is 8. The van der Waals surface area contributed by atoms with Crippen LogP contribution in [0.25, 0.3) is 37.1 Å². The summed E-state index contributed by atoms with van der Waals surface area (Å²) in [6, 6.07) is 2.00. The molecule has 4 aromatic rings. The van der Waals surface area contributed by atoms with Gasteiger partial charge in [0.25, 0.3) is 5.88 Å². The Morgan fingerprint density at radius 3 is 2.93 bits per heavy atom. The first-order chi connectivity index (χ1) is 21.7. The van der Waals surface area contributed by atoms with Crippen LogP contribution >= 0.6 is 22.9 Å². The van der Waals surface area contributed by atoms with Crippen LogP contribution in [0.4, 0.5) is 23.9 Å². The highest BCUT2D eigenvalue weighted by Gasteiger charge is 2.49. The fourth-order valence-corrected chi connectivity index (χ4v) is 8.96. The van der Waals surface area contributed by atoms with Gasteiger partial charge in [-0.05, 0) is 37.4 Å². The molecule has 0 bridgehead atoms. The van der Waals surface area contributed by atoms with E-state index in [1.54, 1.807) is 0 Å². The van der Waals surface area contributed by atoms with E-state index in [0.717, 1.165) is 30.7 Å². The molecule has 0 aliphatic carbocycles. The molecular formula is C31H27ClF3N5O4S. The van der Waals surface area contributed by atoms with Gasteiger partial charge in [0.05, 0.1) is 39.5 Å². The molecule has 4 atom stereocenters. The molecule has 9 nitrogen and oxygen atoms in total. The van der Waals surface area contributed by atoms with Crippen LogP contribution in [0, 0.1) is 24.1 Å². The summed E-state index contributed by atoms with van der Waals surface area (Å²) in [4.78, 5) is 24.1. The predicted molar refractivity (Wildman–Crippen MR) is 164 cm³/mol. The minimum atomic E-state index is -0.992. The minimum Gasteiger partial charge on any atom is -0.488 e. The zero-order valence-corrected chi connectivity index (χ0v) is 25.4. The van der Waals surface area contributed by atoms with Crippen molar-refractivity contribution in [1.82, 2.24) is 14.5 Å². The standard InChI is InChI=1S/C31H27ClF3N5O4S/c1-37-23-20-16(3-4-17(34)27(20)45-28(23)36)19-21(32)26-25-24(22(19)35)38-29(44-13-31-6-2-7-39(31)10-15(33)9-31)30(41)40(25)18(12-43-26)14-5-8-42-11-14/h3-4,14-15,18H,2,5-13,36H2/t14?,15-,18?,31?/m1/s1. The van der Waals surface area contributed by atoms with Gasteiger partial charge in [0, 0.05) is 36.4 Å². The highest BCUT2D eigenvalue weighted by atomic mass is 35.5. The van der Waals surface area contributed by atoms with Crippen molar-refractivity contribution in [3.8, 4) is 22.8 Å². The van der Waals surface area contributed by atoms with Crippen molar-refractivity contribution in [2.75, 3.05) is 45.3 Å². The summed E-state index contributed by atoms with van der Waals surface area (Å²) < 4.78 is 65.8. The van der Waals surface area contributed by atoms with Crippen molar-refractivity contribution in [3.05, 3.63) is 50.6 Å². The fraction of sp³-hybridized carbons (Fsp3) is 0.452. The van der Waals surface area contributed by atoms with Gasteiger partial charge < -0.3 is 19.9 Å². The van der Waals surface area contributed by atoms with Gasteiger partial charge in [-0.2, -0.15) is 0 Å². The predicted octanol–water partition coefficient (Wildman–Crippen LogP) is 6.27. The Kier molecular flexibility index (Phi) is 6.73. The first-order valence-electron chi connectivity index (χ1n) is 14.8. The van der Waals surface area contributed by atoms with E-state index in [1.165, 1.54) is 16.7 Å². The van der Waals surface area contributed by atoms with E-state index < -0.39 is 34.9 Å². The third-order valence-corrected chi connectivity index (χ3v) is 11.2. The summed E-state index contributed by atoms with van der Waals surface area (Å²) in [7, 11) is 0. The normalized spacial score (nSPS) is 26.0. The number of anilines is 1. The van der Waals surface area contributed by atoms with Gasteiger partial charge >= 0.3 is 5.56 Å². The number of fused-ring (bicyclic) bond motifs is 2. The van der Waals surface area contributed by atoms with Crippen LogP contribution in [0.2, 0.25) is 5.02 Å². The molecule has 3 saturated heterocycles. The lowest BCUT2D eigenvalue weighted by Crippen LogP contribution is -2.44. The first kappa shape index (κ1) is 28.9. The van der Waals surface area contributed by atoms with Gasteiger partial charge in [0.1, 0.15) is 36.2 Å². The Labute approximate surface area is 264 Å². The van der Waals surface area contributed by atoms with Gasteiger partial charge in [0.15, 0.2) is 11.6 Å². The molecule has 3 fully saturated rings. The number of benzene rings is 2. The number of ether oxygens (including phenoxy) is 3. The minimum absolute atomic E-state index is 0.0130. The first-order valence-corrected chi connectivity index (χ1v) is 16.0. The van der Waals surface area contributed by atoms with Crippen LogP contribution in [0.5, 0.6) is 11.6 Å². The molecule has 2 aromatic carbocycles. The van der Waals surface area contributed by atoms with E-state index in [1.807, 2.05) is 0 Å². The van der Waals surface area contributed by atoms with Gasteiger partial charge in [-0.25, -0.2) is 23.0 Å². The molecule has 0 radical (unpaired) electrons. The molecular weight excluding hydrogens is 631 g/mol. The highest BCUT2D eigenvalue weighted by molar-refractivity contribution is 7.23. The number of aromatic nitrogens is 2. The van der Waals surface area contributed by atoms with Gasteiger partial charge in [-0.1, -0.05) is 17.7 Å². The van der Waals surface area contributed by atoms with E-state index >= 15 is 4.39 Å². The van der Waals surface area contributed by atoms with Gasteiger partial charge in [-0.15, -0.1) is 11.3 Å². The molecule has 4 aliphatic rings. The number of thiophene rings is 1. The molecule has 8 rings (SSSR count). The van der Waals surface area contributed by atoms with Gasteiger partial charge in [-0.3, -0.25) is 14.3 Å². The number of nitrogens with zero attached hydrogens (tertiary/aromatic N) is 4. The second-order valence-electron chi connectivity index (χ2n) is 12.2. The number of halogens is 4. The average molecular weight is 658 g/mol. The van der Waals surface area contributed by atoms with E-state index in [2.05, 4.69) is 14.7 Å². The Morgan fingerprint density at radius 1 is 1.31 bits per heavy atom. The SMILES string of the molecule is [C-]#[N+]c1c(N)sc2c(F)ccc(-c3c(Cl)c4c5c(nc(OCC67CCCN6C[C@H](F)C7)c(=O)n5C(C5CCOC5)CO4)c3F)c12. The highest BCUT2D eigenvalue weighted by Crippen LogP contribution is 2.52. The second kappa shape index (κ2) is 10.5. The fourth-order valence-electron chi connectivity index (χ4n) is 7.69. The number of hydrogen-bond donors (Lipinski definition) is 1. The van der Waals surface area contributed by atoms with Crippen LogP contribution in [0.1, 0.15) is 31.7 Å². The molecule has 45 heavy (non-hydrogen) atoms. The molecule has 14 heteroatoms. The maximum absolute atomic E-state index is 17.0. The largest absolute Gasteiger partial charge is 0.488 e. The Hall–Kier alpha value is -3.57. The topological polar surface area (TPSA) is 96.2 Å².